The van der Waals surface area contributed by atoms with Crippen LogP contribution in [0.4, 0.5) is 0 Å². The van der Waals surface area contributed by atoms with E-state index < -0.39 is 0 Å². The van der Waals surface area contributed by atoms with E-state index in [9.17, 15) is 4.79 Å². The van der Waals surface area contributed by atoms with Gasteiger partial charge in [0.1, 0.15) is 5.76 Å². The number of furan rings is 1. The number of nitrogens with zero attached hydrogens (tertiary/aromatic N) is 4. The van der Waals surface area contributed by atoms with Gasteiger partial charge in [-0.25, -0.2) is 4.98 Å². The minimum absolute atomic E-state index is 0.0492. The Morgan fingerprint density at radius 2 is 2.21 bits per heavy atom. The lowest BCUT2D eigenvalue weighted by molar-refractivity contribution is -0.129. The number of imidazole rings is 1. The Morgan fingerprint density at radius 1 is 1.36 bits per heavy atom. The molecule has 2 aromatic heterocycles. The van der Waals surface area contributed by atoms with Gasteiger partial charge in [0.15, 0.2) is 5.16 Å². The summed E-state index contributed by atoms with van der Waals surface area (Å²) in [6, 6.07) is 12.0. The molecule has 28 heavy (non-hydrogen) atoms. The van der Waals surface area contributed by atoms with Crippen molar-refractivity contribution in [3.8, 4) is 11.8 Å². The zero-order valence-corrected chi connectivity index (χ0v) is 16.8. The first kappa shape index (κ1) is 19.8. The third-order valence-electron chi connectivity index (χ3n) is 4.32. The Balaban J connectivity index is 1.69. The lowest BCUT2D eigenvalue weighted by Crippen LogP contribution is -2.32. The third-order valence-corrected chi connectivity index (χ3v) is 5.27. The van der Waals surface area contributed by atoms with Crippen LogP contribution >= 0.6 is 11.8 Å². The zero-order chi connectivity index (χ0) is 19.9. The minimum atomic E-state index is -0.0492. The Labute approximate surface area is 168 Å². The SMILES string of the molecule is Cc1ccc(-n2ccnc2SCC(=O)N(CCC#N)Cc2ccco2)c(C)c1. The number of hydrogen-bond acceptors (Lipinski definition) is 5. The van der Waals surface area contributed by atoms with Crippen LogP contribution in [0.1, 0.15) is 23.3 Å². The molecule has 0 fully saturated rings. The predicted molar refractivity (Wildman–Crippen MR) is 108 cm³/mol. The van der Waals surface area contributed by atoms with E-state index in [1.165, 1.54) is 17.3 Å². The Morgan fingerprint density at radius 3 is 2.93 bits per heavy atom. The summed E-state index contributed by atoms with van der Waals surface area (Å²) >= 11 is 1.39. The maximum atomic E-state index is 12.7. The normalized spacial score (nSPS) is 10.6. The van der Waals surface area contributed by atoms with E-state index in [1.807, 2.05) is 16.8 Å². The van der Waals surface area contributed by atoms with Gasteiger partial charge in [0.05, 0.1) is 36.7 Å². The van der Waals surface area contributed by atoms with E-state index in [2.05, 4.69) is 43.1 Å². The average molecular weight is 395 g/mol. The molecule has 0 saturated heterocycles. The number of aromatic nitrogens is 2. The molecular weight excluding hydrogens is 372 g/mol. The highest BCUT2D eigenvalue weighted by Gasteiger charge is 2.17. The van der Waals surface area contributed by atoms with Crippen LogP contribution in [0.2, 0.25) is 0 Å². The molecule has 0 atom stereocenters. The molecule has 3 aromatic rings. The fraction of sp³-hybridized carbons (Fsp3) is 0.286. The fourth-order valence-electron chi connectivity index (χ4n) is 2.94. The van der Waals surface area contributed by atoms with Gasteiger partial charge >= 0.3 is 0 Å². The number of carbonyl (C=O) groups is 1. The van der Waals surface area contributed by atoms with Crippen molar-refractivity contribution in [3.05, 3.63) is 65.9 Å². The van der Waals surface area contributed by atoms with Crippen LogP contribution in [0, 0.1) is 25.2 Å². The number of aryl methyl sites for hydroxylation is 2. The van der Waals surface area contributed by atoms with Gasteiger partial charge in [-0.05, 0) is 37.6 Å². The second-order valence-corrected chi connectivity index (χ2v) is 7.40. The Bertz CT molecular complexity index is 973. The monoisotopic (exact) mass is 394 g/mol. The number of thioether (sulfide) groups is 1. The summed E-state index contributed by atoms with van der Waals surface area (Å²) in [7, 11) is 0. The van der Waals surface area contributed by atoms with Crippen LogP contribution in [0.3, 0.4) is 0 Å². The molecule has 1 aromatic carbocycles. The summed E-state index contributed by atoms with van der Waals surface area (Å²) in [4.78, 5) is 18.8. The summed E-state index contributed by atoms with van der Waals surface area (Å²) in [6.45, 7) is 4.87. The van der Waals surface area contributed by atoms with Gasteiger partial charge in [-0.3, -0.25) is 9.36 Å². The van der Waals surface area contributed by atoms with Crippen molar-refractivity contribution in [2.45, 2.75) is 32.0 Å². The quantitative estimate of drug-likeness (QED) is 0.537. The van der Waals surface area contributed by atoms with Gasteiger partial charge in [-0.2, -0.15) is 5.26 Å². The fourth-order valence-corrected chi connectivity index (χ4v) is 3.81. The smallest absolute Gasteiger partial charge is 0.233 e. The number of nitriles is 1. The molecule has 7 heteroatoms. The summed E-state index contributed by atoms with van der Waals surface area (Å²) < 4.78 is 7.34. The van der Waals surface area contributed by atoms with Crippen LogP contribution in [-0.4, -0.2) is 32.7 Å². The second-order valence-electron chi connectivity index (χ2n) is 6.46. The van der Waals surface area contributed by atoms with E-state index in [0.717, 1.165) is 16.4 Å². The number of amides is 1. The lowest BCUT2D eigenvalue weighted by atomic mass is 10.1. The summed E-state index contributed by atoms with van der Waals surface area (Å²) in [5, 5.41) is 9.64. The van der Waals surface area contributed by atoms with Crippen LogP contribution in [0.15, 0.2) is 58.6 Å². The van der Waals surface area contributed by atoms with E-state index in [4.69, 9.17) is 9.68 Å². The number of hydrogen-bond donors (Lipinski definition) is 0. The summed E-state index contributed by atoms with van der Waals surface area (Å²) in [6.07, 6.45) is 5.51. The van der Waals surface area contributed by atoms with Crippen molar-refractivity contribution in [2.24, 2.45) is 0 Å². The van der Waals surface area contributed by atoms with Gasteiger partial charge in [-0.1, -0.05) is 29.5 Å². The van der Waals surface area contributed by atoms with Crippen molar-refractivity contribution in [3.63, 3.8) is 0 Å². The molecule has 0 N–H and O–H groups in total. The average Bonchev–Trinajstić information content (AvgIpc) is 3.35. The zero-order valence-electron chi connectivity index (χ0n) is 16.0. The maximum absolute atomic E-state index is 12.7. The van der Waals surface area contributed by atoms with Gasteiger partial charge in [-0.15, -0.1) is 0 Å². The van der Waals surface area contributed by atoms with Crippen molar-refractivity contribution in [2.75, 3.05) is 12.3 Å². The Hall–Kier alpha value is -2.98. The highest BCUT2D eigenvalue weighted by atomic mass is 32.2. The van der Waals surface area contributed by atoms with Crippen molar-refractivity contribution in [1.29, 1.82) is 5.26 Å². The molecule has 0 unspecified atom stereocenters. The van der Waals surface area contributed by atoms with E-state index >= 15 is 0 Å². The van der Waals surface area contributed by atoms with Crippen LogP contribution in [-0.2, 0) is 11.3 Å². The van der Waals surface area contributed by atoms with Gasteiger partial charge in [0.25, 0.3) is 0 Å². The summed E-state index contributed by atoms with van der Waals surface area (Å²) in [5.74, 6) is 0.897. The molecule has 0 radical (unpaired) electrons. The molecule has 2 heterocycles. The largest absolute Gasteiger partial charge is 0.467 e. The van der Waals surface area contributed by atoms with Crippen molar-refractivity contribution in [1.82, 2.24) is 14.5 Å². The van der Waals surface area contributed by atoms with Gasteiger partial charge in [0.2, 0.25) is 5.91 Å². The van der Waals surface area contributed by atoms with Gasteiger partial charge in [0, 0.05) is 18.9 Å². The van der Waals surface area contributed by atoms with Gasteiger partial charge < -0.3 is 9.32 Å². The molecule has 1 amide bonds. The molecular formula is C21H22N4O2S. The first-order chi connectivity index (χ1) is 13.6. The molecule has 0 aliphatic heterocycles. The lowest BCUT2D eigenvalue weighted by Gasteiger charge is -2.20. The topological polar surface area (TPSA) is 75.1 Å². The van der Waals surface area contributed by atoms with E-state index in [-0.39, 0.29) is 18.1 Å². The molecule has 0 saturated carbocycles. The molecule has 144 valence electrons. The highest BCUT2D eigenvalue weighted by Crippen LogP contribution is 2.24. The standard InChI is InChI=1S/C21H22N4O2S/c1-16-6-7-19(17(2)13-16)25-11-9-23-21(25)28-15-20(26)24(10-4-8-22)14-18-5-3-12-27-18/h3,5-7,9,11-13H,4,10,14-15H2,1-2H3. The highest BCUT2D eigenvalue weighted by molar-refractivity contribution is 7.99. The molecule has 0 bridgehead atoms. The predicted octanol–water partition coefficient (Wildman–Crippen LogP) is 4.12. The molecule has 6 nitrogen and oxygen atoms in total. The first-order valence-corrected chi connectivity index (χ1v) is 9.98. The Kier molecular flexibility index (Phi) is 6.56. The number of rotatable bonds is 8. The number of benzene rings is 1. The molecule has 0 spiro atoms. The van der Waals surface area contributed by atoms with Crippen molar-refractivity contribution < 1.29 is 9.21 Å². The van der Waals surface area contributed by atoms with E-state index in [0.29, 0.717) is 18.8 Å². The van der Waals surface area contributed by atoms with Crippen LogP contribution < -0.4 is 0 Å². The van der Waals surface area contributed by atoms with E-state index in [1.54, 1.807) is 23.4 Å². The minimum Gasteiger partial charge on any atom is -0.467 e. The third kappa shape index (κ3) is 4.84. The number of carbonyl (C=O) groups excluding carboxylic acids is 1. The first-order valence-electron chi connectivity index (χ1n) is 8.99. The maximum Gasteiger partial charge on any atom is 0.233 e. The molecule has 0 aliphatic carbocycles. The molecule has 3 rings (SSSR count). The second kappa shape index (κ2) is 9.29. The molecule has 0 aliphatic rings. The van der Waals surface area contributed by atoms with Crippen LogP contribution in [0.5, 0.6) is 0 Å². The summed E-state index contributed by atoms with van der Waals surface area (Å²) in [5.41, 5.74) is 3.41. The van der Waals surface area contributed by atoms with Crippen molar-refractivity contribution >= 4 is 17.7 Å². The van der Waals surface area contributed by atoms with Crippen LogP contribution in [0.25, 0.3) is 5.69 Å².